The highest BCUT2D eigenvalue weighted by molar-refractivity contribution is 5.70. The molecule has 0 aromatic heterocycles. The van der Waals surface area contributed by atoms with Gasteiger partial charge in [0.05, 0.1) is 12.1 Å². The third-order valence-electron chi connectivity index (χ3n) is 2.31. The van der Waals surface area contributed by atoms with E-state index in [0.717, 1.165) is 0 Å². The van der Waals surface area contributed by atoms with Crippen molar-refractivity contribution in [1.29, 1.82) is 0 Å². The van der Waals surface area contributed by atoms with Gasteiger partial charge in [-0.1, -0.05) is 0 Å². The molecule has 1 saturated heterocycles. The summed E-state index contributed by atoms with van der Waals surface area (Å²) in [5.41, 5.74) is 0. The fraction of sp³-hybridized carbons (Fsp3) is 0.875. The summed E-state index contributed by atoms with van der Waals surface area (Å²) in [6, 6.07) is 0. The molecule has 0 aliphatic carbocycles. The van der Waals surface area contributed by atoms with Gasteiger partial charge < -0.3 is 36.1 Å². The number of hydrogen-bond acceptors (Lipinski definition) is 6. The molecule has 8 heteroatoms. The Bertz CT molecular complexity index is 241. The molecule has 0 aromatic carbocycles. The maximum absolute atomic E-state index is 12.1. The van der Waals surface area contributed by atoms with Crippen LogP contribution in [0.3, 0.4) is 0 Å². The first-order valence-corrected chi connectivity index (χ1v) is 4.43. The van der Waals surface area contributed by atoms with Crippen LogP contribution in [0.5, 0.6) is 0 Å². The van der Waals surface area contributed by atoms with E-state index in [2.05, 4.69) is 0 Å². The number of hydrogen-bond donors (Lipinski definition) is 4. The number of rotatable bonds is 3. The largest absolute Gasteiger partial charge is 0.547 e. The van der Waals surface area contributed by atoms with E-state index < -0.39 is 43.2 Å². The van der Waals surface area contributed by atoms with Crippen molar-refractivity contribution in [3.8, 4) is 0 Å². The normalized spacial score (nSPS) is 36.2. The van der Waals surface area contributed by atoms with Crippen molar-refractivity contribution in [3.05, 3.63) is 0 Å². The van der Waals surface area contributed by atoms with E-state index in [1.165, 1.54) is 0 Å². The summed E-state index contributed by atoms with van der Waals surface area (Å²) < 4.78 is 16.8. The van der Waals surface area contributed by atoms with Gasteiger partial charge in [0.25, 0.3) is 0 Å². The number of aliphatic hydroxyl groups excluding tert-OH is 3. The van der Waals surface area contributed by atoms with Gasteiger partial charge in [0, 0.05) is 6.42 Å². The van der Waals surface area contributed by atoms with Crippen LogP contribution < -0.4 is 11.3 Å². The van der Waals surface area contributed by atoms with Gasteiger partial charge in [-0.3, -0.25) is 0 Å². The summed E-state index contributed by atoms with van der Waals surface area (Å²) >= 11 is 0. The van der Waals surface area contributed by atoms with Crippen LogP contribution in [0.1, 0.15) is 6.42 Å². The molecule has 0 unspecified atom stereocenters. The summed E-state index contributed by atoms with van der Waals surface area (Å²) in [6.07, 6.45) is -7.81. The zero-order valence-electron chi connectivity index (χ0n) is 8.75. The Kier molecular flexibility index (Phi) is 5.76. The number of aliphatic carboxylic acids is 1. The first-order chi connectivity index (χ1) is 6.97. The Balaban J connectivity index is 0.00000225. The number of carboxylic acid groups (broad SMARTS) is 1. The van der Waals surface area contributed by atoms with Crippen molar-refractivity contribution < 1.29 is 34.3 Å². The number of halogens is 1. The first kappa shape index (κ1) is 15.2. The molecule has 0 spiro atoms. The van der Waals surface area contributed by atoms with Crippen LogP contribution in [0.25, 0.3) is 0 Å². The van der Waals surface area contributed by atoms with E-state index in [1.807, 2.05) is 0 Å². The van der Waals surface area contributed by atoms with E-state index in [1.54, 1.807) is 0 Å². The van der Waals surface area contributed by atoms with Gasteiger partial charge in [-0.15, -0.1) is 0 Å². The lowest BCUT2D eigenvalue weighted by Gasteiger charge is -2.38. The van der Waals surface area contributed by atoms with Gasteiger partial charge in [0.15, 0.2) is 0 Å². The molecule has 7 nitrogen and oxygen atoms in total. The van der Waals surface area contributed by atoms with E-state index in [4.69, 9.17) is 9.84 Å². The molecule has 1 aliphatic heterocycles. The third kappa shape index (κ3) is 3.09. The van der Waals surface area contributed by atoms with Gasteiger partial charge in [-0.05, 0) is 0 Å². The summed E-state index contributed by atoms with van der Waals surface area (Å²) in [4.78, 5) is 10.5. The van der Waals surface area contributed by atoms with E-state index in [-0.39, 0.29) is 12.6 Å². The van der Waals surface area contributed by atoms with E-state index in [0.29, 0.717) is 0 Å². The maximum Gasteiger partial charge on any atom is 0.118 e. The highest BCUT2D eigenvalue weighted by Crippen LogP contribution is 2.22. The second-order valence-corrected chi connectivity index (χ2v) is 3.42. The average Bonchev–Trinajstić information content (AvgIpc) is 2.20. The third-order valence-corrected chi connectivity index (χ3v) is 2.31. The predicted octanol–water partition coefficient (Wildman–Crippen LogP) is -2.68. The van der Waals surface area contributed by atoms with Crippen LogP contribution in [-0.4, -0.2) is 58.5 Å². The monoisotopic (exact) mass is 241 g/mol. The zero-order valence-corrected chi connectivity index (χ0v) is 8.75. The van der Waals surface area contributed by atoms with Gasteiger partial charge in [-0.2, -0.15) is 0 Å². The number of carboxylic acids is 1. The molecule has 1 heterocycles. The molecule has 96 valence electrons. The lowest BCUT2D eigenvalue weighted by Crippen LogP contribution is -2.57. The number of carbonyl (C=O) groups excluding carboxylic acids is 1. The summed E-state index contributed by atoms with van der Waals surface area (Å²) in [6.45, 7) is -1.20. The second-order valence-electron chi connectivity index (χ2n) is 3.42. The Labute approximate surface area is 91.0 Å². The number of quaternary nitrogens is 1. The van der Waals surface area contributed by atoms with Gasteiger partial charge in [-0.25, -0.2) is 4.39 Å². The molecule has 0 bridgehead atoms. The number of aliphatic hydroxyl groups is 3. The van der Waals surface area contributed by atoms with Crippen LogP contribution in [0.15, 0.2) is 0 Å². The number of carbonyl (C=O) groups is 1. The van der Waals surface area contributed by atoms with Crippen molar-refractivity contribution >= 4 is 5.97 Å². The minimum absolute atomic E-state index is 0. The lowest BCUT2D eigenvalue weighted by molar-refractivity contribution is -0.326. The van der Waals surface area contributed by atoms with Crippen LogP contribution in [0, 0.1) is 0 Å². The SMILES string of the molecule is O=C([O-])[C@@H]1C[C@@H](O)[C@@H](O)[C@@H]([C@H](O)CF)O1.[NH4+]. The molecule has 0 amide bonds. The summed E-state index contributed by atoms with van der Waals surface area (Å²) in [5.74, 6) is -1.57. The Morgan fingerprint density at radius 3 is 2.56 bits per heavy atom. The molecule has 16 heavy (non-hydrogen) atoms. The Morgan fingerprint density at radius 1 is 1.56 bits per heavy atom. The Hall–Kier alpha value is -0.800. The number of alkyl halides is 1. The highest BCUT2D eigenvalue weighted by atomic mass is 19.1. The van der Waals surface area contributed by atoms with Gasteiger partial charge in [0.2, 0.25) is 0 Å². The van der Waals surface area contributed by atoms with Crippen molar-refractivity contribution in [3.63, 3.8) is 0 Å². The minimum Gasteiger partial charge on any atom is -0.547 e. The molecule has 7 N–H and O–H groups in total. The van der Waals surface area contributed by atoms with E-state index >= 15 is 0 Å². The molecule has 0 radical (unpaired) electrons. The summed E-state index contributed by atoms with van der Waals surface area (Å²) in [5, 5.41) is 38.1. The number of ether oxygens (including phenoxy) is 1. The molecule has 0 aromatic rings. The molecule has 5 atom stereocenters. The molecule has 1 fully saturated rings. The molecule has 1 rings (SSSR count). The van der Waals surface area contributed by atoms with Gasteiger partial charge in [0.1, 0.15) is 31.1 Å². The Morgan fingerprint density at radius 2 is 2.12 bits per heavy atom. The van der Waals surface area contributed by atoms with Crippen LogP contribution >= 0.6 is 0 Å². The average molecular weight is 241 g/mol. The van der Waals surface area contributed by atoms with E-state index in [9.17, 15) is 24.5 Å². The predicted molar refractivity (Wildman–Crippen MR) is 48.3 cm³/mol. The quantitative estimate of drug-likeness (QED) is 0.423. The van der Waals surface area contributed by atoms with Crippen LogP contribution in [0.4, 0.5) is 4.39 Å². The van der Waals surface area contributed by atoms with Gasteiger partial charge >= 0.3 is 0 Å². The fourth-order valence-electron chi connectivity index (χ4n) is 1.46. The maximum atomic E-state index is 12.1. The first-order valence-electron chi connectivity index (χ1n) is 4.43. The lowest BCUT2D eigenvalue weighted by atomic mass is 9.95. The molecule has 0 saturated carbocycles. The smallest absolute Gasteiger partial charge is 0.118 e. The standard InChI is InChI=1S/C8H13FO6.H3N/c9-2-4(11)7-6(12)3(10)1-5(15-7)8(13)14;/h3-7,10-12H,1-2H2,(H,13,14);1H3/t3-,4-,5+,6-,7-;/m1./s1. The highest BCUT2D eigenvalue weighted by Gasteiger charge is 2.40. The molecular weight excluding hydrogens is 225 g/mol. The second kappa shape index (κ2) is 6.06. The van der Waals surface area contributed by atoms with Crippen molar-refractivity contribution in [2.24, 2.45) is 0 Å². The zero-order chi connectivity index (χ0) is 11.6. The van der Waals surface area contributed by atoms with Crippen LogP contribution in [0.2, 0.25) is 0 Å². The van der Waals surface area contributed by atoms with Crippen molar-refractivity contribution in [2.75, 3.05) is 6.67 Å². The van der Waals surface area contributed by atoms with Crippen molar-refractivity contribution in [1.82, 2.24) is 6.15 Å². The fourth-order valence-corrected chi connectivity index (χ4v) is 1.46. The molecular formula is C8H16FNO6. The summed E-state index contributed by atoms with van der Waals surface area (Å²) in [7, 11) is 0. The van der Waals surface area contributed by atoms with Crippen LogP contribution in [-0.2, 0) is 9.53 Å². The minimum atomic E-state index is -1.67. The topological polar surface area (TPSA) is 147 Å². The molecule has 1 aliphatic rings. The van der Waals surface area contributed by atoms with Crippen molar-refractivity contribution in [2.45, 2.75) is 36.9 Å².